The fourth-order valence-corrected chi connectivity index (χ4v) is 1.31. The lowest BCUT2D eigenvalue weighted by Gasteiger charge is -2.07. The smallest absolute Gasteiger partial charge is 0.320 e. The number of hydrogen-bond acceptors (Lipinski definition) is 3. The molecule has 0 heterocycles. The molecule has 0 spiro atoms. The minimum absolute atomic E-state index is 0.285. The zero-order valence-corrected chi connectivity index (χ0v) is 8.99. The first-order chi connectivity index (χ1) is 6.50. The fraction of sp³-hybridized carbons (Fsp3) is 0.222. The van der Waals surface area contributed by atoms with Crippen molar-refractivity contribution in [3.8, 4) is 0 Å². The number of nitrogen functional groups attached to an aromatic ring is 1. The maximum absolute atomic E-state index is 10.5. The highest BCUT2D eigenvalue weighted by Gasteiger charge is 2.12. The third-order valence-electron chi connectivity index (χ3n) is 1.83. The number of carbonyl (C=O) groups is 1. The molecule has 0 aliphatic carbocycles. The van der Waals surface area contributed by atoms with Crippen molar-refractivity contribution >= 4 is 27.6 Å². The SMILES string of the molecule is Nc1cc(CC(N)C(=O)O)ccc1Br. The van der Waals surface area contributed by atoms with Gasteiger partial charge in [-0.05, 0) is 40.0 Å². The molecule has 0 radical (unpaired) electrons. The molecule has 0 aliphatic rings. The minimum atomic E-state index is -1.01. The summed E-state index contributed by atoms with van der Waals surface area (Å²) >= 11 is 3.25. The highest BCUT2D eigenvalue weighted by atomic mass is 79.9. The van der Waals surface area contributed by atoms with Crippen molar-refractivity contribution in [2.24, 2.45) is 5.73 Å². The van der Waals surface area contributed by atoms with E-state index in [4.69, 9.17) is 16.6 Å². The Morgan fingerprint density at radius 2 is 2.21 bits per heavy atom. The van der Waals surface area contributed by atoms with Crippen molar-refractivity contribution in [2.75, 3.05) is 5.73 Å². The number of nitrogens with two attached hydrogens (primary N) is 2. The highest BCUT2D eigenvalue weighted by Crippen LogP contribution is 2.20. The van der Waals surface area contributed by atoms with E-state index in [1.807, 2.05) is 0 Å². The maximum atomic E-state index is 10.5. The van der Waals surface area contributed by atoms with E-state index >= 15 is 0 Å². The number of carboxylic acids is 1. The van der Waals surface area contributed by atoms with Gasteiger partial charge in [0.15, 0.2) is 0 Å². The molecule has 0 saturated carbocycles. The molecule has 14 heavy (non-hydrogen) atoms. The van der Waals surface area contributed by atoms with Gasteiger partial charge in [-0.3, -0.25) is 4.79 Å². The monoisotopic (exact) mass is 258 g/mol. The van der Waals surface area contributed by atoms with Crippen LogP contribution in [0.1, 0.15) is 5.56 Å². The maximum Gasteiger partial charge on any atom is 0.320 e. The van der Waals surface area contributed by atoms with Crippen LogP contribution in [0.25, 0.3) is 0 Å². The van der Waals surface area contributed by atoms with Crippen LogP contribution in [0.3, 0.4) is 0 Å². The molecule has 1 aromatic carbocycles. The number of aliphatic carboxylic acids is 1. The van der Waals surface area contributed by atoms with Crippen molar-refractivity contribution in [3.05, 3.63) is 28.2 Å². The summed E-state index contributed by atoms with van der Waals surface area (Å²) in [6, 6.07) is 4.41. The Morgan fingerprint density at radius 3 is 2.71 bits per heavy atom. The first kappa shape index (κ1) is 11.0. The lowest BCUT2D eigenvalue weighted by Crippen LogP contribution is -2.32. The summed E-state index contributed by atoms with van der Waals surface area (Å²) in [5, 5.41) is 8.60. The van der Waals surface area contributed by atoms with E-state index in [0.717, 1.165) is 10.0 Å². The van der Waals surface area contributed by atoms with Crippen LogP contribution in [-0.2, 0) is 11.2 Å². The number of halogens is 1. The van der Waals surface area contributed by atoms with Crippen LogP contribution in [0.5, 0.6) is 0 Å². The second-order valence-corrected chi connectivity index (χ2v) is 3.86. The number of hydrogen-bond donors (Lipinski definition) is 3. The molecule has 0 saturated heterocycles. The van der Waals surface area contributed by atoms with Crippen molar-refractivity contribution in [3.63, 3.8) is 0 Å². The van der Waals surface area contributed by atoms with Crippen LogP contribution in [0.4, 0.5) is 5.69 Å². The van der Waals surface area contributed by atoms with E-state index in [-0.39, 0.29) is 6.42 Å². The van der Waals surface area contributed by atoms with Crippen LogP contribution < -0.4 is 11.5 Å². The zero-order chi connectivity index (χ0) is 10.7. The Bertz CT molecular complexity index is 355. The molecule has 4 nitrogen and oxygen atoms in total. The van der Waals surface area contributed by atoms with Gasteiger partial charge in [0.05, 0.1) is 0 Å². The van der Waals surface area contributed by atoms with E-state index in [0.29, 0.717) is 5.69 Å². The summed E-state index contributed by atoms with van der Waals surface area (Å²) in [4.78, 5) is 10.5. The molecule has 5 N–H and O–H groups in total. The predicted molar refractivity (Wildman–Crippen MR) is 57.9 cm³/mol. The van der Waals surface area contributed by atoms with Gasteiger partial charge in [-0.25, -0.2) is 0 Å². The molecule has 0 bridgehead atoms. The molecule has 1 atom stereocenters. The Kier molecular flexibility index (Phi) is 3.49. The average Bonchev–Trinajstić information content (AvgIpc) is 2.11. The van der Waals surface area contributed by atoms with Gasteiger partial charge in [-0.2, -0.15) is 0 Å². The fourth-order valence-electron chi connectivity index (χ4n) is 1.06. The zero-order valence-electron chi connectivity index (χ0n) is 7.40. The molecule has 0 aromatic heterocycles. The Hall–Kier alpha value is -1.07. The molecule has 76 valence electrons. The van der Waals surface area contributed by atoms with Gasteiger partial charge in [-0.15, -0.1) is 0 Å². The lowest BCUT2D eigenvalue weighted by molar-refractivity contribution is -0.138. The number of carboxylic acid groups (broad SMARTS) is 1. The lowest BCUT2D eigenvalue weighted by atomic mass is 10.1. The number of benzene rings is 1. The first-order valence-corrected chi connectivity index (χ1v) is 4.82. The van der Waals surface area contributed by atoms with Gasteiger partial charge in [0, 0.05) is 10.2 Å². The molecule has 1 aromatic rings. The second kappa shape index (κ2) is 4.43. The van der Waals surface area contributed by atoms with Gasteiger partial charge in [0.25, 0.3) is 0 Å². The van der Waals surface area contributed by atoms with Crippen molar-refractivity contribution < 1.29 is 9.90 Å². The van der Waals surface area contributed by atoms with E-state index in [1.165, 1.54) is 0 Å². The largest absolute Gasteiger partial charge is 0.480 e. The highest BCUT2D eigenvalue weighted by molar-refractivity contribution is 9.10. The Labute approximate surface area is 90.0 Å². The summed E-state index contributed by atoms with van der Waals surface area (Å²) in [6.07, 6.45) is 0.285. The van der Waals surface area contributed by atoms with E-state index in [2.05, 4.69) is 15.9 Å². The number of rotatable bonds is 3. The predicted octanol–water partition coefficient (Wildman–Crippen LogP) is 0.986. The van der Waals surface area contributed by atoms with Crippen LogP contribution in [0.2, 0.25) is 0 Å². The van der Waals surface area contributed by atoms with E-state index in [9.17, 15) is 4.79 Å². The topological polar surface area (TPSA) is 89.3 Å². The summed E-state index contributed by atoms with van der Waals surface area (Å²) in [6.45, 7) is 0. The molecular formula is C9H11BrN2O2. The van der Waals surface area contributed by atoms with Gasteiger partial charge >= 0.3 is 5.97 Å². The molecule has 1 unspecified atom stereocenters. The van der Waals surface area contributed by atoms with Gasteiger partial charge in [-0.1, -0.05) is 6.07 Å². The molecule has 0 amide bonds. The molecule has 5 heteroatoms. The summed E-state index contributed by atoms with van der Waals surface area (Å²) < 4.78 is 0.796. The van der Waals surface area contributed by atoms with Gasteiger partial charge < -0.3 is 16.6 Å². The average molecular weight is 259 g/mol. The molecule has 0 fully saturated rings. The number of anilines is 1. The summed E-state index contributed by atoms with van der Waals surface area (Å²) in [5.41, 5.74) is 12.4. The summed E-state index contributed by atoms with van der Waals surface area (Å²) in [7, 11) is 0. The third-order valence-corrected chi connectivity index (χ3v) is 2.56. The Balaban J connectivity index is 2.78. The molecular weight excluding hydrogens is 248 g/mol. The van der Waals surface area contributed by atoms with Crippen LogP contribution >= 0.6 is 15.9 Å². The van der Waals surface area contributed by atoms with Crippen LogP contribution in [0, 0.1) is 0 Å². The van der Waals surface area contributed by atoms with Gasteiger partial charge in [0.1, 0.15) is 6.04 Å². The van der Waals surface area contributed by atoms with Gasteiger partial charge in [0.2, 0.25) is 0 Å². The Morgan fingerprint density at radius 1 is 1.57 bits per heavy atom. The van der Waals surface area contributed by atoms with Crippen molar-refractivity contribution in [2.45, 2.75) is 12.5 Å². The molecule has 1 rings (SSSR count). The second-order valence-electron chi connectivity index (χ2n) is 3.00. The van der Waals surface area contributed by atoms with Crippen LogP contribution in [-0.4, -0.2) is 17.1 Å². The standard InChI is InChI=1S/C9H11BrN2O2/c10-6-2-1-5(3-7(6)11)4-8(12)9(13)14/h1-3,8H,4,11-12H2,(H,13,14). The van der Waals surface area contributed by atoms with Crippen molar-refractivity contribution in [1.82, 2.24) is 0 Å². The van der Waals surface area contributed by atoms with Crippen molar-refractivity contribution in [1.29, 1.82) is 0 Å². The minimum Gasteiger partial charge on any atom is -0.480 e. The van der Waals surface area contributed by atoms with E-state index in [1.54, 1.807) is 18.2 Å². The normalized spacial score (nSPS) is 12.4. The molecule has 0 aliphatic heterocycles. The quantitative estimate of drug-likeness (QED) is 0.706. The third kappa shape index (κ3) is 2.71. The van der Waals surface area contributed by atoms with E-state index < -0.39 is 12.0 Å². The summed E-state index contributed by atoms with van der Waals surface area (Å²) in [5.74, 6) is -1.01. The van der Waals surface area contributed by atoms with Crippen LogP contribution in [0.15, 0.2) is 22.7 Å². The first-order valence-electron chi connectivity index (χ1n) is 4.03.